The number of hydrogen-bond acceptors (Lipinski definition) is 3. The van der Waals surface area contributed by atoms with Gasteiger partial charge in [0, 0.05) is 30.3 Å². The molecule has 31 heavy (non-hydrogen) atoms. The van der Waals surface area contributed by atoms with E-state index in [-0.39, 0.29) is 17.9 Å². The molecule has 5 nitrogen and oxygen atoms in total. The first-order valence-electron chi connectivity index (χ1n) is 10.7. The van der Waals surface area contributed by atoms with Crippen molar-refractivity contribution >= 4 is 11.8 Å². The molecule has 0 spiro atoms. The molecule has 1 aliphatic heterocycles. The minimum absolute atomic E-state index is 0.00768. The van der Waals surface area contributed by atoms with Crippen molar-refractivity contribution in [2.24, 2.45) is 0 Å². The van der Waals surface area contributed by atoms with Crippen LogP contribution in [0.3, 0.4) is 0 Å². The lowest BCUT2D eigenvalue weighted by Gasteiger charge is -2.32. The van der Waals surface area contributed by atoms with Crippen LogP contribution in [-0.4, -0.2) is 40.8 Å². The first-order chi connectivity index (χ1) is 15.0. The van der Waals surface area contributed by atoms with Crippen molar-refractivity contribution in [1.82, 2.24) is 15.2 Å². The van der Waals surface area contributed by atoms with Gasteiger partial charge in [0.1, 0.15) is 0 Å². The SMILES string of the molecule is Cc1ccccc1C(=O)NC1CCN(C(=O)c2ccc(-c3ccccc3)nc2C)CC1. The van der Waals surface area contributed by atoms with Crippen LogP contribution in [0, 0.1) is 13.8 Å². The summed E-state index contributed by atoms with van der Waals surface area (Å²) in [6, 6.07) is 21.4. The van der Waals surface area contributed by atoms with Gasteiger partial charge in [0.15, 0.2) is 0 Å². The van der Waals surface area contributed by atoms with Crippen LogP contribution in [0.5, 0.6) is 0 Å². The number of pyridine rings is 1. The maximum Gasteiger partial charge on any atom is 0.255 e. The largest absolute Gasteiger partial charge is 0.349 e. The summed E-state index contributed by atoms with van der Waals surface area (Å²) in [6.45, 7) is 5.07. The molecule has 158 valence electrons. The van der Waals surface area contributed by atoms with E-state index in [0.717, 1.165) is 35.4 Å². The second-order valence-corrected chi connectivity index (χ2v) is 8.05. The van der Waals surface area contributed by atoms with Crippen molar-refractivity contribution < 1.29 is 9.59 Å². The monoisotopic (exact) mass is 413 g/mol. The second-order valence-electron chi connectivity index (χ2n) is 8.05. The van der Waals surface area contributed by atoms with E-state index < -0.39 is 0 Å². The van der Waals surface area contributed by atoms with Gasteiger partial charge < -0.3 is 10.2 Å². The molecule has 3 aromatic rings. The standard InChI is InChI=1S/C26H27N3O2/c1-18-8-6-7-11-22(18)25(30)28-21-14-16-29(17-15-21)26(31)23-12-13-24(27-19(23)2)20-9-4-3-5-10-20/h3-13,21H,14-17H2,1-2H3,(H,28,30). The van der Waals surface area contributed by atoms with Crippen molar-refractivity contribution in [2.75, 3.05) is 13.1 Å². The van der Waals surface area contributed by atoms with Crippen LogP contribution in [-0.2, 0) is 0 Å². The highest BCUT2D eigenvalue weighted by molar-refractivity contribution is 5.96. The molecular formula is C26H27N3O2. The normalized spacial score (nSPS) is 14.3. The molecule has 4 rings (SSSR count). The first kappa shape index (κ1) is 20.8. The van der Waals surface area contributed by atoms with Crippen molar-refractivity contribution in [3.8, 4) is 11.3 Å². The number of carbonyl (C=O) groups excluding carboxylic acids is 2. The number of carbonyl (C=O) groups is 2. The average Bonchev–Trinajstić information content (AvgIpc) is 2.80. The van der Waals surface area contributed by atoms with Gasteiger partial charge in [-0.15, -0.1) is 0 Å². The van der Waals surface area contributed by atoms with E-state index in [4.69, 9.17) is 0 Å². The fourth-order valence-electron chi connectivity index (χ4n) is 4.04. The van der Waals surface area contributed by atoms with Crippen LogP contribution in [0.25, 0.3) is 11.3 Å². The number of likely N-dealkylation sites (tertiary alicyclic amines) is 1. The molecule has 0 unspecified atom stereocenters. The summed E-state index contributed by atoms with van der Waals surface area (Å²) in [6.07, 6.45) is 1.50. The van der Waals surface area contributed by atoms with Crippen molar-refractivity contribution in [3.63, 3.8) is 0 Å². The molecule has 1 aliphatic rings. The highest BCUT2D eigenvalue weighted by Crippen LogP contribution is 2.21. The van der Waals surface area contributed by atoms with E-state index in [0.29, 0.717) is 24.2 Å². The molecule has 2 amide bonds. The number of piperidine rings is 1. The van der Waals surface area contributed by atoms with Crippen LogP contribution in [0.4, 0.5) is 0 Å². The molecule has 1 aromatic heterocycles. The number of rotatable bonds is 4. The summed E-state index contributed by atoms with van der Waals surface area (Å²) in [5, 5.41) is 3.12. The maximum absolute atomic E-state index is 13.1. The summed E-state index contributed by atoms with van der Waals surface area (Å²) in [5.41, 5.74) is 4.96. The Labute approximate surface area is 183 Å². The van der Waals surface area contributed by atoms with Gasteiger partial charge in [0.05, 0.1) is 17.0 Å². The number of amides is 2. The maximum atomic E-state index is 13.1. The predicted molar refractivity (Wildman–Crippen MR) is 122 cm³/mol. The van der Waals surface area contributed by atoms with Gasteiger partial charge >= 0.3 is 0 Å². The van der Waals surface area contributed by atoms with Crippen LogP contribution in [0.15, 0.2) is 66.7 Å². The van der Waals surface area contributed by atoms with E-state index in [2.05, 4.69) is 10.3 Å². The molecule has 0 saturated carbocycles. The predicted octanol–water partition coefficient (Wildman–Crippen LogP) is 4.40. The fourth-order valence-corrected chi connectivity index (χ4v) is 4.04. The van der Waals surface area contributed by atoms with Gasteiger partial charge in [0.2, 0.25) is 0 Å². The van der Waals surface area contributed by atoms with Crippen molar-refractivity contribution in [2.45, 2.75) is 32.7 Å². The van der Waals surface area contributed by atoms with E-state index in [1.54, 1.807) is 0 Å². The van der Waals surface area contributed by atoms with Gasteiger partial charge in [0.25, 0.3) is 11.8 Å². The highest BCUT2D eigenvalue weighted by Gasteiger charge is 2.26. The summed E-state index contributed by atoms with van der Waals surface area (Å²) < 4.78 is 0. The van der Waals surface area contributed by atoms with Crippen LogP contribution in [0.1, 0.15) is 44.8 Å². The minimum Gasteiger partial charge on any atom is -0.349 e. The van der Waals surface area contributed by atoms with Gasteiger partial charge in [-0.25, -0.2) is 0 Å². The Morgan fingerprint density at radius 2 is 1.55 bits per heavy atom. The molecule has 5 heteroatoms. The zero-order chi connectivity index (χ0) is 21.8. The Morgan fingerprint density at radius 3 is 2.23 bits per heavy atom. The number of nitrogens with zero attached hydrogens (tertiary/aromatic N) is 2. The lowest BCUT2D eigenvalue weighted by molar-refractivity contribution is 0.0697. The zero-order valence-corrected chi connectivity index (χ0v) is 18.0. The molecule has 0 aliphatic carbocycles. The van der Waals surface area contributed by atoms with E-state index >= 15 is 0 Å². The Morgan fingerprint density at radius 1 is 0.871 bits per heavy atom. The van der Waals surface area contributed by atoms with E-state index in [1.807, 2.05) is 85.5 Å². The minimum atomic E-state index is -0.0422. The third-order valence-corrected chi connectivity index (χ3v) is 5.89. The molecule has 1 N–H and O–H groups in total. The number of benzene rings is 2. The smallest absolute Gasteiger partial charge is 0.255 e. The first-order valence-corrected chi connectivity index (χ1v) is 10.7. The Kier molecular flexibility index (Phi) is 6.12. The van der Waals surface area contributed by atoms with Gasteiger partial charge in [-0.1, -0.05) is 48.5 Å². The summed E-state index contributed by atoms with van der Waals surface area (Å²) in [4.78, 5) is 32.1. The topological polar surface area (TPSA) is 62.3 Å². The van der Waals surface area contributed by atoms with Gasteiger partial charge in [-0.3, -0.25) is 14.6 Å². The Balaban J connectivity index is 1.37. The van der Waals surface area contributed by atoms with Crippen molar-refractivity contribution in [1.29, 1.82) is 0 Å². The summed E-state index contributed by atoms with van der Waals surface area (Å²) in [7, 11) is 0. The molecule has 0 atom stereocenters. The lowest BCUT2D eigenvalue weighted by atomic mass is 10.0. The third-order valence-electron chi connectivity index (χ3n) is 5.89. The Bertz CT molecular complexity index is 1090. The molecule has 2 heterocycles. The van der Waals surface area contributed by atoms with E-state index in [1.165, 1.54) is 0 Å². The molecule has 0 bridgehead atoms. The zero-order valence-electron chi connectivity index (χ0n) is 18.0. The fraction of sp³-hybridized carbons (Fsp3) is 0.269. The number of hydrogen-bond donors (Lipinski definition) is 1. The highest BCUT2D eigenvalue weighted by atomic mass is 16.2. The molecule has 2 aromatic carbocycles. The van der Waals surface area contributed by atoms with Crippen LogP contribution < -0.4 is 5.32 Å². The molecular weight excluding hydrogens is 386 g/mol. The van der Waals surface area contributed by atoms with Crippen LogP contribution >= 0.6 is 0 Å². The summed E-state index contributed by atoms with van der Waals surface area (Å²) >= 11 is 0. The second kappa shape index (κ2) is 9.13. The van der Waals surface area contributed by atoms with Gasteiger partial charge in [-0.05, 0) is 50.5 Å². The van der Waals surface area contributed by atoms with Gasteiger partial charge in [-0.2, -0.15) is 0 Å². The average molecular weight is 414 g/mol. The molecule has 0 radical (unpaired) electrons. The lowest BCUT2D eigenvalue weighted by Crippen LogP contribution is -2.46. The van der Waals surface area contributed by atoms with Crippen LogP contribution in [0.2, 0.25) is 0 Å². The third kappa shape index (κ3) is 4.66. The number of aryl methyl sites for hydroxylation is 2. The molecule has 1 fully saturated rings. The quantitative estimate of drug-likeness (QED) is 0.690. The molecule has 1 saturated heterocycles. The Hall–Kier alpha value is -3.47. The van der Waals surface area contributed by atoms with E-state index in [9.17, 15) is 9.59 Å². The van der Waals surface area contributed by atoms with Crippen molar-refractivity contribution in [3.05, 3.63) is 89.1 Å². The number of aromatic nitrogens is 1. The summed E-state index contributed by atoms with van der Waals surface area (Å²) in [5.74, 6) is -0.0345. The number of nitrogens with one attached hydrogen (secondary N) is 1.